The molecule has 0 spiro atoms. The van der Waals surface area contributed by atoms with Crippen molar-refractivity contribution in [2.75, 3.05) is 0 Å². The van der Waals surface area contributed by atoms with Crippen LogP contribution in [-0.2, 0) is 6.54 Å². The largest absolute Gasteiger partial charge is 0.345 e. The van der Waals surface area contributed by atoms with Crippen molar-refractivity contribution in [3.05, 3.63) is 69.9 Å². The topological polar surface area (TPSA) is 72.7 Å². The minimum atomic E-state index is -0.327. The van der Waals surface area contributed by atoms with E-state index in [1.807, 2.05) is 30.3 Å². The van der Waals surface area contributed by atoms with Gasteiger partial charge < -0.3 is 5.32 Å². The molecule has 0 radical (unpaired) electrons. The first-order valence-electron chi connectivity index (χ1n) is 6.68. The normalized spacial score (nSPS) is 10.5. The van der Waals surface area contributed by atoms with E-state index in [1.165, 1.54) is 6.20 Å². The molecule has 23 heavy (non-hydrogen) atoms. The van der Waals surface area contributed by atoms with Gasteiger partial charge in [-0.15, -0.1) is 10.2 Å². The zero-order valence-corrected chi connectivity index (χ0v) is 14.1. The number of pyridine rings is 1. The summed E-state index contributed by atoms with van der Waals surface area (Å²) in [5, 5.41) is 10.9. The molecule has 1 N–H and O–H groups in total. The lowest BCUT2D eigenvalue weighted by atomic mass is 10.2. The summed E-state index contributed by atoms with van der Waals surface area (Å²) < 4.78 is 2.49. The average Bonchev–Trinajstić information content (AvgIpc) is 3.04. The SMILES string of the molecule is O=C(NCc1nncn1-c1ccccc1)c1cc(Br)cnc1Cl. The zero-order valence-electron chi connectivity index (χ0n) is 11.8. The molecule has 0 unspecified atom stereocenters. The molecule has 116 valence electrons. The van der Waals surface area contributed by atoms with E-state index in [9.17, 15) is 4.79 Å². The van der Waals surface area contributed by atoms with Gasteiger partial charge in [-0.2, -0.15) is 0 Å². The van der Waals surface area contributed by atoms with Gasteiger partial charge in [0.15, 0.2) is 5.82 Å². The van der Waals surface area contributed by atoms with Crippen molar-refractivity contribution >= 4 is 33.4 Å². The van der Waals surface area contributed by atoms with Gasteiger partial charge in [0, 0.05) is 16.4 Å². The van der Waals surface area contributed by atoms with Gasteiger partial charge in [-0.3, -0.25) is 9.36 Å². The summed E-state index contributed by atoms with van der Waals surface area (Å²) in [6, 6.07) is 11.3. The van der Waals surface area contributed by atoms with E-state index < -0.39 is 0 Å². The summed E-state index contributed by atoms with van der Waals surface area (Å²) in [6.45, 7) is 0.219. The third-order valence-electron chi connectivity index (χ3n) is 3.11. The maximum absolute atomic E-state index is 12.2. The Labute approximate surface area is 145 Å². The Morgan fingerprint density at radius 1 is 1.30 bits per heavy atom. The molecule has 6 nitrogen and oxygen atoms in total. The number of nitrogens with zero attached hydrogens (tertiary/aromatic N) is 4. The van der Waals surface area contributed by atoms with Crippen molar-refractivity contribution in [2.24, 2.45) is 0 Å². The molecule has 0 aliphatic carbocycles. The van der Waals surface area contributed by atoms with Crippen molar-refractivity contribution in [2.45, 2.75) is 6.54 Å². The van der Waals surface area contributed by atoms with Gasteiger partial charge in [0.25, 0.3) is 5.91 Å². The Hall–Kier alpha value is -2.25. The molecule has 0 atom stereocenters. The van der Waals surface area contributed by atoms with Gasteiger partial charge in [0.1, 0.15) is 11.5 Å². The lowest BCUT2D eigenvalue weighted by molar-refractivity contribution is 0.0949. The fraction of sp³-hybridized carbons (Fsp3) is 0.0667. The Morgan fingerprint density at radius 3 is 2.87 bits per heavy atom. The van der Waals surface area contributed by atoms with Crippen molar-refractivity contribution in [3.8, 4) is 5.69 Å². The van der Waals surface area contributed by atoms with E-state index in [0.717, 1.165) is 5.69 Å². The van der Waals surface area contributed by atoms with Gasteiger partial charge in [0.05, 0.1) is 12.1 Å². The smallest absolute Gasteiger partial charge is 0.254 e. The molecule has 0 aliphatic rings. The van der Waals surface area contributed by atoms with E-state index in [-0.39, 0.29) is 17.6 Å². The molecule has 2 heterocycles. The number of carbonyl (C=O) groups excluding carboxylic acids is 1. The van der Waals surface area contributed by atoms with Crippen LogP contribution in [0.1, 0.15) is 16.2 Å². The van der Waals surface area contributed by atoms with Gasteiger partial charge in [0.2, 0.25) is 0 Å². The molecule has 0 saturated carbocycles. The maximum atomic E-state index is 12.2. The first-order chi connectivity index (χ1) is 11.1. The standard InChI is InChI=1S/C15H11BrClN5O/c16-10-6-12(14(17)18-7-10)15(23)19-8-13-21-20-9-22(13)11-4-2-1-3-5-11/h1-7,9H,8H2,(H,19,23). The second kappa shape index (κ2) is 6.89. The molecule has 1 aromatic carbocycles. The lowest BCUT2D eigenvalue weighted by Crippen LogP contribution is -2.25. The van der Waals surface area contributed by atoms with Gasteiger partial charge in [-0.25, -0.2) is 4.98 Å². The molecule has 0 fully saturated rings. The van der Waals surface area contributed by atoms with Crippen LogP contribution in [-0.4, -0.2) is 25.7 Å². The summed E-state index contributed by atoms with van der Waals surface area (Å²) in [5.74, 6) is 0.287. The molecule has 0 bridgehead atoms. The van der Waals surface area contributed by atoms with Crippen molar-refractivity contribution in [1.82, 2.24) is 25.1 Å². The number of benzene rings is 1. The lowest BCUT2D eigenvalue weighted by Gasteiger charge is -2.08. The van der Waals surface area contributed by atoms with Gasteiger partial charge in [-0.1, -0.05) is 29.8 Å². The highest BCUT2D eigenvalue weighted by Crippen LogP contribution is 2.18. The first kappa shape index (κ1) is 15.6. The van der Waals surface area contributed by atoms with Gasteiger partial charge in [-0.05, 0) is 34.1 Å². The third-order valence-corrected chi connectivity index (χ3v) is 3.84. The first-order valence-corrected chi connectivity index (χ1v) is 7.86. The van der Waals surface area contributed by atoms with E-state index in [0.29, 0.717) is 15.9 Å². The molecule has 0 aliphatic heterocycles. The van der Waals surface area contributed by atoms with Crippen LogP contribution in [0, 0.1) is 0 Å². The minimum Gasteiger partial charge on any atom is -0.345 e. The van der Waals surface area contributed by atoms with Crippen LogP contribution in [0.25, 0.3) is 5.69 Å². The quantitative estimate of drug-likeness (QED) is 0.693. The average molecular weight is 393 g/mol. The van der Waals surface area contributed by atoms with E-state index in [4.69, 9.17) is 11.6 Å². The zero-order chi connectivity index (χ0) is 16.2. The van der Waals surface area contributed by atoms with Crippen LogP contribution in [0.5, 0.6) is 0 Å². The molecule has 3 aromatic rings. The second-order valence-corrected chi connectivity index (χ2v) is 5.90. The number of rotatable bonds is 4. The summed E-state index contributed by atoms with van der Waals surface area (Å²) >= 11 is 9.22. The fourth-order valence-corrected chi connectivity index (χ4v) is 2.54. The summed E-state index contributed by atoms with van der Waals surface area (Å²) in [4.78, 5) is 16.2. The molecule has 8 heteroatoms. The predicted octanol–water partition coefficient (Wildman–Crippen LogP) is 3.01. The van der Waals surface area contributed by atoms with Crippen molar-refractivity contribution in [1.29, 1.82) is 0 Å². The molecular weight excluding hydrogens is 382 g/mol. The minimum absolute atomic E-state index is 0.148. The number of amides is 1. The van der Waals surface area contributed by atoms with Crippen LogP contribution in [0.4, 0.5) is 0 Å². The van der Waals surface area contributed by atoms with Crippen molar-refractivity contribution < 1.29 is 4.79 Å². The molecule has 1 amide bonds. The van der Waals surface area contributed by atoms with Crippen LogP contribution < -0.4 is 5.32 Å². The predicted molar refractivity (Wildman–Crippen MR) is 89.5 cm³/mol. The molecule has 0 saturated heterocycles. The number of hydrogen-bond donors (Lipinski definition) is 1. The fourth-order valence-electron chi connectivity index (χ4n) is 2.02. The van der Waals surface area contributed by atoms with Crippen LogP contribution in [0.3, 0.4) is 0 Å². The van der Waals surface area contributed by atoms with Crippen LogP contribution >= 0.6 is 27.5 Å². The van der Waals surface area contributed by atoms with Gasteiger partial charge >= 0.3 is 0 Å². The number of nitrogens with one attached hydrogen (secondary N) is 1. The summed E-state index contributed by atoms with van der Waals surface area (Å²) in [5.41, 5.74) is 1.22. The van der Waals surface area contributed by atoms with E-state index in [1.54, 1.807) is 17.0 Å². The second-order valence-electron chi connectivity index (χ2n) is 4.63. The highest BCUT2D eigenvalue weighted by atomic mass is 79.9. The summed E-state index contributed by atoms with van der Waals surface area (Å²) in [6.07, 6.45) is 3.13. The molecular formula is C15H11BrClN5O. The van der Waals surface area contributed by atoms with E-state index in [2.05, 4.69) is 36.4 Å². The van der Waals surface area contributed by atoms with Crippen molar-refractivity contribution in [3.63, 3.8) is 0 Å². The number of carbonyl (C=O) groups is 1. The van der Waals surface area contributed by atoms with Crippen LogP contribution in [0.15, 0.2) is 53.4 Å². The summed E-state index contributed by atoms with van der Waals surface area (Å²) in [7, 11) is 0. The highest BCUT2D eigenvalue weighted by Gasteiger charge is 2.13. The monoisotopic (exact) mass is 391 g/mol. The molecule has 3 rings (SSSR count). The Kier molecular flexibility index (Phi) is 4.68. The Bertz CT molecular complexity index is 837. The maximum Gasteiger partial charge on any atom is 0.254 e. The number of halogens is 2. The Balaban J connectivity index is 1.76. The van der Waals surface area contributed by atoms with E-state index >= 15 is 0 Å². The third kappa shape index (κ3) is 3.57. The number of aromatic nitrogens is 4. The molecule has 2 aromatic heterocycles. The number of para-hydroxylation sites is 1. The highest BCUT2D eigenvalue weighted by molar-refractivity contribution is 9.10. The number of hydrogen-bond acceptors (Lipinski definition) is 4. The van der Waals surface area contributed by atoms with Crippen LogP contribution in [0.2, 0.25) is 5.15 Å². The Morgan fingerprint density at radius 2 is 2.09 bits per heavy atom.